The molecule has 0 aromatic heterocycles. The maximum absolute atomic E-state index is 2.39. The predicted molar refractivity (Wildman–Crippen MR) is 119 cm³/mol. The van der Waals surface area contributed by atoms with Gasteiger partial charge in [0, 0.05) is 10.8 Å². The van der Waals surface area contributed by atoms with Crippen LogP contribution in [0.2, 0.25) is 0 Å². The van der Waals surface area contributed by atoms with E-state index in [-0.39, 0.29) is 10.8 Å². The first-order valence-corrected chi connectivity index (χ1v) is 10.2. The standard InChI is InChI=1S/C28H24/c1-27(2)22-11-7-5-9-18(22)20-15-13-17-14-16-21-19-10-6-8-12-23(19)28(3,4)26(21)24(17)25(20)27/h5-16H,1-4H3. The normalized spacial score (nSPS) is 17.1. The van der Waals surface area contributed by atoms with Crippen molar-refractivity contribution in [1.29, 1.82) is 0 Å². The highest BCUT2D eigenvalue weighted by Gasteiger charge is 2.42. The average molecular weight is 361 g/mol. The third-order valence-electron chi connectivity index (χ3n) is 7.22. The maximum atomic E-state index is 2.39. The van der Waals surface area contributed by atoms with Gasteiger partial charge >= 0.3 is 0 Å². The third kappa shape index (κ3) is 1.72. The summed E-state index contributed by atoms with van der Waals surface area (Å²) in [4.78, 5) is 0. The van der Waals surface area contributed by atoms with E-state index in [1.165, 1.54) is 55.3 Å². The maximum Gasteiger partial charge on any atom is 0.0165 e. The molecule has 0 saturated carbocycles. The number of hydrogen-bond acceptors (Lipinski definition) is 0. The lowest BCUT2D eigenvalue weighted by molar-refractivity contribution is 0.651. The molecule has 0 aliphatic heterocycles. The monoisotopic (exact) mass is 360 g/mol. The molecule has 4 aromatic rings. The van der Waals surface area contributed by atoms with Gasteiger partial charge in [0.1, 0.15) is 0 Å². The fraction of sp³-hybridized carbons (Fsp3) is 0.214. The Labute approximate surface area is 166 Å². The summed E-state index contributed by atoms with van der Waals surface area (Å²) in [6.07, 6.45) is 0. The van der Waals surface area contributed by atoms with Gasteiger partial charge in [0.2, 0.25) is 0 Å². The van der Waals surface area contributed by atoms with E-state index >= 15 is 0 Å². The van der Waals surface area contributed by atoms with Gasteiger partial charge in [-0.2, -0.15) is 0 Å². The number of hydrogen-bond donors (Lipinski definition) is 0. The van der Waals surface area contributed by atoms with Crippen LogP contribution in [0, 0.1) is 0 Å². The van der Waals surface area contributed by atoms with E-state index in [4.69, 9.17) is 0 Å². The second-order valence-corrected chi connectivity index (χ2v) is 9.42. The van der Waals surface area contributed by atoms with Crippen molar-refractivity contribution in [3.63, 3.8) is 0 Å². The van der Waals surface area contributed by atoms with Gasteiger partial charge in [0.05, 0.1) is 0 Å². The van der Waals surface area contributed by atoms with Gasteiger partial charge in [-0.25, -0.2) is 0 Å². The van der Waals surface area contributed by atoms with E-state index in [0.29, 0.717) is 0 Å². The van der Waals surface area contributed by atoms with Gasteiger partial charge in [-0.15, -0.1) is 0 Å². The van der Waals surface area contributed by atoms with E-state index in [1.54, 1.807) is 0 Å². The first kappa shape index (κ1) is 16.1. The third-order valence-corrected chi connectivity index (χ3v) is 7.22. The smallest absolute Gasteiger partial charge is 0.0165 e. The Morgan fingerprint density at radius 2 is 0.893 bits per heavy atom. The number of benzene rings is 4. The molecular weight excluding hydrogens is 336 g/mol. The van der Waals surface area contributed by atoms with Crippen LogP contribution in [-0.4, -0.2) is 0 Å². The summed E-state index contributed by atoms with van der Waals surface area (Å²) >= 11 is 0. The lowest BCUT2D eigenvalue weighted by atomic mass is 9.74. The molecular formula is C28H24. The summed E-state index contributed by atoms with van der Waals surface area (Å²) in [5.74, 6) is 0. The minimum absolute atomic E-state index is 0.00537. The molecule has 0 fully saturated rings. The molecule has 2 aliphatic rings. The Kier molecular flexibility index (Phi) is 2.85. The van der Waals surface area contributed by atoms with Crippen LogP contribution >= 0.6 is 0 Å². The van der Waals surface area contributed by atoms with Crippen molar-refractivity contribution in [2.75, 3.05) is 0 Å². The summed E-state index contributed by atoms with van der Waals surface area (Å²) in [7, 11) is 0. The molecule has 0 bridgehead atoms. The minimum atomic E-state index is 0.00537. The minimum Gasteiger partial charge on any atom is -0.0619 e. The summed E-state index contributed by atoms with van der Waals surface area (Å²) in [6.45, 7) is 9.58. The van der Waals surface area contributed by atoms with Crippen LogP contribution in [0.15, 0.2) is 72.8 Å². The zero-order valence-electron chi connectivity index (χ0n) is 16.9. The van der Waals surface area contributed by atoms with Crippen molar-refractivity contribution in [2.45, 2.75) is 38.5 Å². The quantitative estimate of drug-likeness (QED) is 0.305. The molecule has 0 N–H and O–H groups in total. The van der Waals surface area contributed by atoms with Gasteiger partial charge in [-0.3, -0.25) is 0 Å². The molecule has 0 heterocycles. The van der Waals surface area contributed by atoms with Gasteiger partial charge in [0.25, 0.3) is 0 Å². The Hall–Kier alpha value is -2.86. The molecule has 6 rings (SSSR count). The van der Waals surface area contributed by atoms with Crippen molar-refractivity contribution in [1.82, 2.24) is 0 Å². The highest BCUT2D eigenvalue weighted by atomic mass is 14.4. The summed E-state index contributed by atoms with van der Waals surface area (Å²) in [6, 6.07) is 27.2. The fourth-order valence-corrected chi connectivity index (χ4v) is 5.96. The Bertz CT molecular complexity index is 1200. The summed E-state index contributed by atoms with van der Waals surface area (Å²) in [5, 5.41) is 2.83. The molecule has 0 radical (unpaired) electrons. The van der Waals surface area contributed by atoms with Crippen LogP contribution in [0.25, 0.3) is 33.0 Å². The molecule has 0 amide bonds. The first-order chi connectivity index (χ1) is 13.4. The van der Waals surface area contributed by atoms with E-state index in [0.717, 1.165) is 0 Å². The molecule has 4 aromatic carbocycles. The molecule has 0 nitrogen and oxygen atoms in total. The van der Waals surface area contributed by atoms with Crippen LogP contribution in [0.1, 0.15) is 49.9 Å². The summed E-state index contributed by atoms with van der Waals surface area (Å²) < 4.78 is 0. The predicted octanol–water partition coefficient (Wildman–Crippen LogP) is 7.45. The second-order valence-electron chi connectivity index (χ2n) is 9.42. The first-order valence-electron chi connectivity index (χ1n) is 10.2. The van der Waals surface area contributed by atoms with Crippen molar-refractivity contribution in [3.8, 4) is 22.3 Å². The Morgan fingerprint density at radius 1 is 0.464 bits per heavy atom. The van der Waals surface area contributed by atoms with Gasteiger partial charge < -0.3 is 0 Å². The van der Waals surface area contributed by atoms with E-state index < -0.39 is 0 Å². The van der Waals surface area contributed by atoms with Crippen LogP contribution in [0.5, 0.6) is 0 Å². The lowest BCUT2D eigenvalue weighted by Gasteiger charge is -2.28. The summed E-state index contributed by atoms with van der Waals surface area (Å²) in [5.41, 5.74) is 11.5. The van der Waals surface area contributed by atoms with Crippen LogP contribution in [0.4, 0.5) is 0 Å². The van der Waals surface area contributed by atoms with Crippen molar-refractivity contribution in [3.05, 3.63) is 95.1 Å². The SMILES string of the molecule is CC1(C)c2ccccc2-c2ccc3ccc4c(c3c21)C(C)(C)c1ccccc1-4. The highest BCUT2D eigenvalue weighted by molar-refractivity contribution is 6.04. The molecule has 0 saturated heterocycles. The van der Waals surface area contributed by atoms with Crippen molar-refractivity contribution < 1.29 is 0 Å². The van der Waals surface area contributed by atoms with E-state index in [2.05, 4.69) is 100 Å². The molecule has 28 heavy (non-hydrogen) atoms. The Balaban J connectivity index is 1.82. The largest absolute Gasteiger partial charge is 0.0619 e. The van der Waals surface area contributed by atoms with Crippen molar-refractivity contribution in [2.24, 2.45) is 0 Å². The van der Waals surface area contributed by atoms with Crippen LogP contribution < -0.4 is 0 Å². The van der Waals surface area contributed by atoms with Gasteiger partial charge in [-0.05, 0) is 55.3 Å². The number of fused-ring (bicyclic) bond motifs is 9. The average Bonchev–Trinajstić information content (AvgIpc) is 3.08. The second kappa shape index (κ2) is 4.94. The molecule has 0 unspecified atom stereocenters. The molecule has 136 valence electrons. The fourth-order valence-electron chi connectivity index (χ4n) is 5.96. The van der Waals surface area contributed by atoms with Gasteiger partial charge in [-0.1, -0.05) is 100 Å². The molecule has 0 heteroatoms. The molecule has 0 atom stereocenters. The number of rotatable bonds is 0. The topological polar surface area (TPSA) is 0 Å². The Morgan fingerprint density at radius 3 is 1.36 bits per heavy atom. The van der Waals surface area contributed by atoms with E-state index in [1.807, 2.05) is 0 Å². The zero-order chi connectivity index (χ0) is 19.3. The van der Waals surface area contributed by atoms with Gasteiger partial charge in [0.15, 0.2) is 0 Å². The molecule has 2 aliphatic carbocycles. The van der Waals surface area contributed by atoms with Crippen LogP contribution in [0.3, 0.4) is 0 Å². The van der Waals surface area contributed by atoms with E-state index in [9.17, 15) is 0 Å². The van der Waals surface area contributed by atoms with Crippen molar-refractivity contribution >= 4 is 10.8 Å². The van der Waals surface area contributed by atoms with Crippen LogP contribution in [-0.2, 0) is 10.8 Å². The molecule has 0 spiro atoms. The highest BCUT2D eigenvalue weighted by Crippen LogP contribution is 2.57. The lowest BCUT2D eigenvalue weighted by Crippen LogP contribution is -2.19. The zero-order valence-corrected chi connectivity index (χ0v) is 16.9.